The summed E-state index contributed by atoms with van der Waals surface area (Å²) in [5, 5.41) is 0. The smallest absolute Gasteiger partial charge is 0.281 e. The van der Waals surface area contributed by atoms with Gasteiger partial charge in [0.05, 0.1) is 10.7 Å². The van der Waals surface area contributed by atoms with Crippen LogP contribution in [0.25, 0.3) is 0 Å². The molecule has 0 fully saturated rings. The van der Waals surface area contributed by atoms with Crippen LogP contribution >= 0.6 is 22.6 Å². The molecule has 5 heteroatoms. The van der Waals surface area contributed by atoms with Gasteiger partial charge >= 0.3 is 0 Å². The highest BCUT2D eigenvalue weighted by atomic mass is 127. The van der Waals surface area contributed by atoms with Crippen molar-refractivity contribution in [2.24, 2.45) is 0 Å². The first-order valence-electron chi connectivity index (χ1n) is 3.55. The number of pyridine rings is 1. The number of aryl methyl sites for hydroxylation is 1. The Morgan fingerprint density at radius 3 is 2.62 bits per heavy atom. The fourth-order valence-electron chi connectivity index (χ4n) is 0.974. The lowest BCUT2D eigenvalue weighted by Gasteiger charge is -2.09. The zero-order chi connectivity index (χ0) is 10.0. The fourth-order valence-corrected chi connectivity index (χ4v) is 1.99. The maximum absolute atomic E-state index is 12.4. The van der Waals surface area contributed by atoms with Crippen LogP contribution in [-0.2, 0) is 0 Å². The molecule has 0 aliphatic carbocycles. The summed E-state index contributed by atoms with van der Waals surface area (Å²) >= 11 is 1.81. The van der Waals surface area contributed by atoms with Crippen molar-refractivity contribution < 1.29 is 13.5 Å². The SMILES string of the molecule is COc1c(C)cnc(C(F)F)c1I. The van der Waals surface area contributed by atoms with E-state index in [1.165, 1.54) is 13.3 Å². The minimum absolute atomic E-state index is 0.219. The van der Waals surface area contributed by atoms with Crippen LogP contribution in [0.4, 0.5) is 8.78 Å². The van der Waals surface area contributed by atoms with E-state index in [0.29, 0.717) is 9.32 Å². The lowest BCUT2D eigenvalue weighted by atomic mass is 10.2. The van der Waals surface area contributed by atoms with E-state index in [1.54, 1.807) is 6.92 Å². The Balaban J connectivity index is 3.27. The molecular weight excluding hydrogens is 291 g/mol. The minimum Gasteiger partial charge on any atom is -0.495 e. The number of hydrogen-bond acceptors (Lipinski definition) is 2. The van der Waals surface area contributed by atoms with Crippen LogP contribution in [0.5, 0.6) is 5.75 Å². The molecule has 13 heavy (non-hydrogen) atoms. The molecule has 0 amide bonds. The van der Waals surface area contributed by atoms with Crippen LogP contribution in [0.1, 0.15) is 17.7 Å². The van der Waals surface area contributed by atoms with Gasteiger partial charge in [0.25, 0.3) is 6.43 Å². The molecule has 0 N–H and O–H groups in total. The number of rotatable bonds is 2. The predicted octanol–water partition coefficient (Wildman–Crippen LogP) is 2.94. The second-order valence-electron chi connectivity index (χ2n) is 2.47. The van der Waals surface area contributed by atoms with E-state index in [-0.39, 0.29) is 5.69 Å². The van der Waals surface area contributed by atoms with Gasteiger partial charge in [0.2, 0.25) is 0 Å². The summed E-state index contributed by atoms with van der Waals surface area (Å²) in [5.41, 5.74) is 0.541. The summed E-state index contributed by atoms with van der Waals surface area (Å²) in [7, 11) is 1.46. The summed E-state index contributed by atoms with van der Waals surface area (Å²) in [4.78, 5) is 3.65. The zero-order valence-electron chi connectivity index (χ0n) is 7.14. The van der Waals surface area contributed by atoms with Crippen molar-refractivity contribution >= 4 is 22.6 Å². The van der Waals surface area contributed by atoms with E-state index < -0.39 is 6.43 Å². The lowest BCUT2D eigenvalue weighted by Crippen LogP contribution is -1.99. The Kier molecular flexibility index (Phi) is 3.40. The van der Waals surface area contributed by atoms with Gasteiger partial charge in [-0.15, -0.1) is 0 Å². The number of halogens is 3. The molecule has 1 rings (SSSR count). The van der Waals surface area contributed by atoms with Gasteiger partial charge in [-0.3, -0.25) is 4.98 Å². The number of nitrogens with zero attached hydrogens (tertiary/aromatic N) is 1. The van der Waals surface area contributed by atoms with Crippen molar-refractivity contribution in [2.75, 3.05) is 7.11 Å². The van der Waals surface area contributed by atoms with Crippen molar-refractivity contribution in [2.45, 2.75) is 13.3 Å². The average molecular weight is 299 g/mol. The van der Waals surface area contributed by atoms with Crippen LogP contribution in [0.2, 0.25) is 0 Å². The van der Waals surface area contributed by atoms with E-state index in [9.17, 15) is 8.78 Å². The monoisotopic (exact) mass is 299 g/mol. The first-order chi connectivity index (χ1) is 6.07. The van der Waals surface area contributed by atoms with Crippen molar-refractivity contribution in [3.8, 4) is 5.75 Å². The van der Waals surface area contributed by atoms with E-state index >= 15 is 0 Å². The number of alkyl halides is 2. The summed E-state index contributed by atoms with van der Waals surface area (Å²) in [5.74, 6) is 0.478. The molecule has 0 atom stereocenters. The van der Waals surface area contributed by atoms with Gasteiger partial charge in [0, 0.05) is 11.8 Å². The predicted molar refractivity (Wildman–Crippen MR) is 53.2 cm³/mol. The number of methoxy groups -OCH3 is 1. The van der Waals surface area contributed by atoms with Crippen LogP contribution in [0, 0.1) is 10.5 Å². The van der Waals surface area contributed by atoms with Crippen molar-refractivity contribution in [1.29, 1.82) is 0 Å². The number of hydrogen-bond donors (Lipinski definition) is 0. The lowest BCUT2D eigenvalue weighted by molar-refractivity contribution is 0.144. The van der Waals surface area contributed by atoms with Gasteiger partial charge in [0.1, 0.15) is 11.4 Å². The standard InChI is InChI=1S/C8H8F2INO/c1-4-3-12-6(8(9)10)5(11)7(4)13-2/h3,8H,1-2H3. The quantitative estimate of drug-likeness (QED) is 0.783. The zero-order valence-corrected chi connectivity index (χ0v) is 9.30. The fraction of sp³-hybridized carbons (Fsp3) is 0.375. The molecule has 0 aliphatic heterocycles. The molecule has 0 saturated carbocycles. The maximum atomic E-state index is 12.4. The Morgan fingerprint density at radius 2 is 2.15 bits per heavy atom. The van der Waals surface area contributed by atoms with Crippen molar-refractivity contribution in [3.63, 3.8) is 0 Å². The third-order valence-corrected chi connectivity index (χ3v) is 2.63. The van der Waals surface area contributed by atoms with Crippen LogP contribution in [0.3, 0.4) is 0 Å². The van der Waals surface area contributed by atoms with Gasteiger partial charge in [0.15, 0.2) is 0 Å². The second-order valence-corrected chi connectivity index (χ2v) is 3.55. The highest BCUT2D eigenvalue weighted by Gasteiger charge is 2.17. The van der Waals surface area contributed by atoms with Crippen molar-refractivity contribution in [1.82, 2.24) is 4.98 Å². The largest absolute Gasteiger partial charge is 0.495 e. The van der Waals surface area contributed by atoms with E-state index in [1.807, 2.05) is 22.6 Å². The van der Waals surface area contributed by atoms with E-state index in [2.05, 4.69) is 4.98 Å². The molecule has 0 spiro atoms. The van der Waals surface area contributed by atoms with Crippen LogP contribution < -0.4 is 4.74 Å². The van der Waals surface area contributed by atoms with E-state index in [0.717, 1.165) is 5.56 Å². The molecule has 0 saturated heterocycles. The Morgan fingerprint density at radius 1 is 1.54 bits per heavy atom. The van der Waals surface area contributed by atoms with Crippen molar-refractivity contribution in [3.05, 3.63) is 21.0 Å². The first-order valence-corrected chi connectivity index (χ1v) is 4.63. The highest BCUT2D eigenvalue weighted by molar-refractivity contribution is 14.1. The molecule has 72 valence electrons. The maximum Gasteiger partial charge on any atom is 0.281 e. The third kappa shape index (κ3) is 2.07. The second kappa shape index (κ2) is 4.17. The molecule has 0 bridgehead atoms. The van der Waals surface area contributed by atoms with Gasteiger partial charge < -0.3 is 4.74 Å². The van der Waals surface area contributed by atoms with Gasteiger partial charge in [-0.05, 0) is 29.5 Å². The molecule has 0 aliphatic rings. The molecular formula is C8H8F2INO. The molecule has 0 radical (unpaired) electrons. The Hall–Kier alpha value is -0.460. The average Bonchev–Trinajstić information content (AvgIpc) is 2.04. The highest BCUT2D eigenvalue weighted by Crippen LogP contribution is 2.31. The number of aromatic nitrogens is 1. The summed E-state index contributed by atoms with van der Waals surface area (Å²) < 4.78 is 30.1. The van der Waals surface area contributed by atoms with Crippen LogP contribution in [-0.4, -0.2) is 12.1 Å². The number of ether oxygens (including phenoxy) is 1. The molecule has 2 nitrogen and oxygen atoms in total. The van der Waals surface area contributed by atoms with Gasteiger partial charge in [-0.2, -0.15) is 0 Å². The van der Waals surface area contributed by atoms with Crippen LogP contribution in [0.15, 0.2) is 6.20 Å². The molecule has 1 heterocycles. The normalized spacial score (nSPS) is 10.6. The van der Waals surface area contributed by atoms with Gasteiger partial charge in [-0.25, -0.2) is 8.78 Å². The molecule has 0 aromatic carbocycles. The molecule has 1 aromatic rings. The summed E-state index contributed by atoms with van der Waals surface area (Å²) in [6, 6.07) is 0. The third-order valence-electron chi connectivity index (χ3n) is 1.59. The Bertz CT molecular complexity index is 317. The molecule has 0 unspecified atom stereocenters. The summed E-state index contributed by atoms with van der Waals surface area (Å²) in [6.45, 7) is 1.77. The summed E-state index contributed by atoms with van der Waals surface area (Å²) in [6.07, 6.45) is -1.16. The first kappa shape index (κ1) is 10.6. The van der Waals surface area contributed by atoms with E-state index in [4.69, 9.17) is 4.74 Å². The topological polar surface area (TPSA) is 22.1 Å². The molecule has 1 aromatic heterocycles. The van der Waals surface area contributed by atoms with Gasteiger partial charge in [-0.1, -0.05) is 0 Å². The minimum atomic E-state index is -2.55. The Labute approximate surface area is 88.5 Å².